The van der Waals surface area contributed by atoms with Crippen molar-refractivity contribution in [2.24, 2.45) is 0 Å². The van der Waals surface area contributed by atoms with Crippen LogP contribution in [0.15, 0.2) is 61.1 Å². The summed E-state index contributed by atoms with van der Waals surface area (Å²) in [4.78, 5) is 17.7. The van der Waals surface area contributed by atoms with Crippen LogP contribution in [0.3, 0.4) is 0 Å². The van der Waals surface area contributed by atoms with E-state index in [1.165, 1.54) is 6.33 Å². The maximum absolute atomic E-state index is 5.35. The van der Waals surface area contributed by atoms with Crippen LogP contribution in [0.2, 0.25) is 0 Å². The van der Waals surface area contributed by atoms with Crippen molar-refractivity contribution in [3.05, 3.63) is 61.1 Å². The third-order valence-electron chi connectivity index (χ3n) is 4.06. The standard InChI is InChI=1S/C20H17N5O2/c1-26-16-9-8-14(10-17(16)27-2)24-20-18-19(22-12-23-20)21-11-15(25-18)13-6-4-3-5-7-13/h3-12H,1-2H3,(H,21,22,23,24). The minimum atomic E-state index is 0.521. The lowest BCUT2D eigenvalue weighted by Gasteiger charge is -2.12. The summed E-state index contributed by atoms with van der Waals surface area (Å²) >= 11 is 0. The highest BCUT2D eigenvalue weighted by Gasteiger charge is 2.11. The van der Waals surface area contributed by atoms with Crippen LogP contribution in [0.1, 0.15) is 0 Å². The summed E-state index contributed by atoms with van der Waals surface area (Å²) in [6, 6.07) is 15.4. The van der Waals surface area contributed by atoms with E-state index in [4.69, 9.17) is 14.5 Å². The van der Waals surface area contributed by atoms with E-state index in [1.54, 1.807) is 20.4 Å². The van der Waals surface area contributed by atoms with Gasteiger partial charge < -0.3 is 14.8 Å². The Labute approximate surface area is 156 Å². The molecule has 2 aromatic heterocycles. The molecule has 0 saturated heterocycles. The Hall–Kier alpha value is -3.74. The highest BCUT2D eigenvalue weighted by molar-refractivity contribution is 5.86. The number of hydrogen-bond acceptors (Lipinski definition) is 7. The molecule has 0 unspecified atom stereocenters. The molecular weight excluding hydrogens is 342 g/mol. The molecule has 2 aromatic carbocycles. The van der Waals surface area contributed by atoms with Crippen LogP contribution in [0.25, 0.3) is 22.4 Å². The van der Waals surface area contributed by atoms with Gasteiger partial charge in [-0.15, -0.1) is 0 Å². The summed E-state index contributed by atoms with van der Waals surface area (Å²) in [5, 5.41) is 3.26. The first kappa shape index (κ1) is 16.7. The fourth-order valence-electron chi connectivity index (χ4n) is 2.73. The van der Waals surface area contributed by atoms with E-state index in [0.29, 0.717) is 28.5 Å². The Bertz CT molecular complexity index is 1090. The molecule has 7 nitrogen and oxygen atoms in total. The van der Waals surface area contributed by atoms with E-state index in [-0.39, 0.29) is 0 Å². The summed E-state index contributed by atoms with van der Waals surface area (Å²) in [5.74, 6) is 1.84. The number of anilines is 2. The van der Waals surface area contributed by atoms with Crippen LogP contribution in [0.4, 0.5) is 11.5 Å². The van der Waals surface area contributed by atoms with Gasteiger partial charge in [0.15, 0.2) is 28.5 Å². The molecule has 1 N–H and O–H groups in total. The maximum Gasteiger partial charge on any atom is 0.183 e. The highest BCUT2D eigenvalue weighted by atomic mass is 16.5. The third-order valence-corrected chi connectivity index (χ3v) is 4.06. The van der Waals surface area contributed by atoms with E-state index in [9.17, 15) is 0 Å². The molecule has 0 radical (unpaired) electrons. The number of aromatic nitrogens is 4. The number of fused-ring (bicyclic) bond motifs is 1. The van der Waals surface area contributed by atoms with Gasteiger partial charge in [-0.05, 0) is 12.1 Å². The second-order valence-corrected chi connectivity index (χ2v) is 5.71. The van der Waals surface area contributed by atoms with Gasteiger partial charge in [0.1, 0.15) is 6.33 Å². The predicted molar refractivity (Wildman–Crippen MR) is 103 cm³/mol. The van der Waals surface area contributed by atoms with Crippen LogP contribution in [0.5, 0.6) is 11.5 Å². The largest absolute Gasteiger partial charge is 0.493 e. The van der Waals surface area contributed by atoms with Crippen molar-refractivity contribution in [2.75, 3.05) is 19.5 Å². The average molecular weight is 359 g/mol. The minimum Gasteiger partial charge on any atom is -0.493 e. The molecule has 0 aliphatic heterocycles. The van der Waals surface area contributed by atoms with Crippen LogP contribution in [-0.4, -0.2) is 34.2 Å². The first-order chi connectivity index (χ1) is 13.3. The number of nitrogens with zero attached hydrogens (tertiary/aromatic N) is 4. The minimum absolute atomic E-state index is 0.521. The van der Waals surface area contributed by atoms with E-state index < -0.39 is 0 Å². The zero-order valence-corrected chi connectivity index (χ0v) is 14.9. The van der Waals surface area contributed by atoms with Crippen molar-refractivity contribution in [2.45, 2.75) is 0 Å². The fourth-order valence-corrected chi connectivity index (χ4v) is 2.73. The molecule has 4 rings (SSSR count). The average Bonchev–Trinajstić information content (AvgIpc) is 2.74. The SMILES string of the molecule is COc1ccc(Nc2ncnc3ncc(-c4ccccc4)nc23)cc1OC. The molecule has 2 heterocycles. The quantitative estimate of drug-likeness (QED) is 0.579. The molecule has 0 bridgehead atoms. The summed E-state index contributed by atoms with van der Waals surface area (Å²) in [6.07, 6.45) is 3.17. The van der Waals surface area contributed by atoms with Crippen molar-refractivity contribution >= 4 is 22.7 Å². The van der Waals surface area contributed by atoms with Crippen LogP contribution in [0, 0.1) is 0 Å². The third kappa shape index (κ3) is 3.35. The van der Waals surface area contributed by atoms with E-state index >= 15 is 0 Å². The van der Waals surface area contributed by atoms with Gasteiger partial charge in [-0.3, -0.25) is 0 Å². The lowest BCUT2D eigenvalue weighted by molar-refractivity contribution is 0.355. The molecule has 0 aliphatic rings. The van der Waals surface area contributed by atoms with Gasteiger partial charge >= 0.3 is 0 Å². The van der Waals surface area contributed by atoms with E-state index in [0.717, 1.165) is 16.9 Å². The lowest BCUT2D eigenvalue weighted by atomic mass is 10.2. The molecule has 7 heteroatoms. The molecule has 0 fully saturated rings. The van der Waals surface area contributed by atoms with Gasteiger partial charge in [0.25, 0.3) is 0 Å². The molecule has 0 amide bonds. The molecule has 134 valence electrons. The normalized spacial score (nSPS) is 10.6. The lowest BCUT2D eigenvalue weighted by Crippen LogP contribution is -2.00. The first-order valence-corrected chi connectivity index (χ1v) is 8.30. The van der Waals surface area contributed by atoms with Crippen LogP contribution in [-0.2, 0) is 0 Å². The Balaban J connectivity index is 1.75. The second-order valence-electron chi connectivity index (χ2n) is 5.71. The molecule has 0 saturated carbocycles. The number of rotatable bonds is 5. The zero-order valence-electron chi connectivity index (χ0n) is 14.9. The smallest absolute Gasteiger partial charge is 0.183 e. The molecule has 27 heavy (non-hydrogen) atoms. The number of nitrogens with one attached hydrogen (secondary N) is 1. The van der Waals surface area contributed by atoms with Gasteiger partial charge in [0, 0.05) is 17.3 Å². The molecule has 0 atom stereocenters. The fraction of sp³-hybridized carbons (Fsp3) is 0.100. The Kier molecular flexibility index (Phi) is 4.49. The topological polar surface area (TPSA) is 82.0 Å². The Morgan fingerprint density at radius 1 is 0.852 bits per heavy atom. The van der Waals surface area contributed by atoms with Crippen molar-refractivity contribution in [3.63, 3.8) is 0 Å². The summed E-state index contributed by atoms with van der Waals surface area (Å²) in [7, 11) is 3.20. The molecule has 0 spiro atoms. The predicted octanol–water partition coefficient (Wildman–Crippen LogP) is 3.85. The summed E-state index contributed by atoms with van der Waals surface area (Å²) in [6.45, 7) is 0. The van der Waals surface area contributed by atoms with Crippen molar-refractivity contribution < 1.29 is 9.47 Å². The second kappa shape index (κ2) is 7.25. The number of benzene rings is 2. The van der Waals surface area contributed by atoms with E-state index in [1.807, 2.05) is 48.5 Å². The molecule has 0 aliphatic carbocycles. The zero-order chi connectivity index (χ0) is 18.6. The highest BCUT2D eigenvalue weighted by Crippen LogP contribution is 2.31. The van der Waals surface area contributed by atoms with Crippen molar-refractivity contribution in [1.82, 2.24) is 19.9 Å². The summed E-state index contributed by atoms with van der Waals surface area (Å²) < 4.78 is 10.6. The summed E-state index contributed by atoms with van der Waals surface area (Å²) in [5.41, 5.74) is 3.64. The number of methoxy groups -OCH3 is 2. The van der Waals surface area contributed by atoms with Crippen LogP contribution >= 0.6 is 0 Å². The van der Waals surface area contributed by atoms with Gasteiger partial charge in [-0.2, -0.15) is 0 Å². The van der Waals surface area contributed by atoms with Gasteiger partial charge in [-0.1, -0.05) is 30.3 Å². The number of hydrogen-bond donors (Lipinski definition) is 1. The van der Waals surface area contributed by atoms with E-state index in [2.05, 4.69) is 20.3 Å². The Morgan fingerprint density at radius 2 is 1.67 bits per heavy atom. The maximum atomic E-state index is 5.35. The van der Waals surface area contributed by atoms with Gasteiger partial charge in [0.2, 0.25) is 0 Å². The Morgan fingerprint density at radius 3 is 2.44 bits per heavy atom. The number of ether oxygens (including phenoxy) is 2. The van der Waals surface area contributed by atoms with Crippen molar-refractivity contribution in [1.29, 1.82) is 0 Å². The van der Waals surface area contributed by atoms with Gasteiger partial charge in [0.05, 0.1) is 26.1 Å². The van der Waals surface area contributed by atoms with Crippen molar-refractivity contribution in [3.8, 4) is 22.8 Å². The van der Waals surface area contributed by atoms with Gasteiger partial charge in [-0.25, -0.2) is 19.9 Å². The first-order valence-electron chi connectivity index (χ1n) is 8.30. The molecule has 4 aromatic rings. The molecular formula is C20H17N5O2. The van der Waals surface area contributed by atoms with Crippen LogP contribution < -0.4 is 14.8 Å². The monoisotopic (exact) mass is 359 g/mol.